The molecule has 2 atom stereocenters. The van der Waals surface area contributed by atoms with Crippen LogP contribution in [0.4, 0.5) is 5.69 Å². The largest absolute Gasteiger partial charge is 0.493 e. The SMILES string of the molecule is CCc1cc(C(Nc2ccc(C(=N)N)cc2)C(=O)O)ccc1OCCC1CCCN1. The monoisotopic (exact) mass is 410 g/mol. The molecule has 160 valence electrons. The first-order valence-corrected chi connectivity index (χ1v) is 10.4. The number of rotatable bonds is 10. The Morgan fingerprint density at radius 3 is 2.70 bits per heavy atom. The molecule has 0 aliphatic carbocycles. The summed E-state index contributed by atoms with van der Waals surface area (Å²) in [7, 11) is 0. The number of nitrogen functional groups attached to an aromatic ring is 1. The topological polar surface area (TPSA) is 120 Å². The molecule has 1 saturated heterocycles. The number of anilines is 1. The molecule has 1 aliphatic heterocycles. The number of benzene rings is 2. The van der Waals surface area contributed by atoms with Gasteiger partial charge in [-0.25, -0.2) is 4.79 Å². The van der Waals surface area contributed by atoms with Gasteiger partial charge in [0.05, 0.1) is 6.61 Å². The van der Waals surface area contributed by atoms with Crippen LogP contribution in [0.5, 0.6) is 5.75 Å². The lowest BCUT2D eigenvalue weighted by Gasteiger charge is -2.19. The van der Waals surface area contributed by atoms with Gasteiger partial charge in [0.2, 0.25) is 0 Å². The summed E-state index contributed by atoms with van der Waals surface area (Å²) in [5.74, 6) is -0.175. The highest BCUT2D eigenvalue weighted by Crippen LogP contribution is 2.27. The minimum absolute atomic E-state index is 0.0248. The van der Waals surface area contributed by atoms with Crippen molar-refractivity contribution < 1.29 is 14.6 Å². The average Bonchev–Trinajstić information content (AvgIpc) is 3.26. The molecule has 0 bridgehead atoms. The van der Waals surface area contributed by atoms with E-state index in [1.807, 2.05) is 19.1 Å². The van der Waals surface area contributed by atoms with Gasteiger partial charge in [0.1, 0.15) is 11.6 Å². The zero-order valence-corrected chi connectivity index (χ0v) is 17.3. The zero-order chi connectivity index (χ0) is 21.5. The van der Waals surface area contributed by atoms with Crippen molar-refractivity contribution in [1.29, 1.82) is 5.41 Å². The highest BCUT2D eigenvalue weighted by atomic mass is 16.5. The van der Waals surface area contributed by atoms with E-state index in [2.05, 4.69) is 10.6 Å². The minimum Gasteiger partial charge on any atom is -0.493 e. The van der Waals surface area contributed by atoms with E-state index in [1.54, 1.807) is 30.3 Å². The van der Waals surface area contributed by atoms with Crippen LogP contribution in [0, 0.1) is 5.41 Å². The molecule has 1 fully saturated rings. The van der Waals surface area contributed by atoms with Crippen LogP contribution in [0.1, 0.15) is 48.9 Å². The molecular weight excluding hydrogens is 380 g/mol. The Bertz CT molecular complexity index is 877. The Balaban J connectivity index is 1.70. The normalized spacial score (nSPS) is 16.8. The number of hydrogen-bond donors (Lipinski definition) is 5. The van der Waals surface area contributed by atoms with Gasteiger partial charge < -0.3 is 26.2 Å². The number of amidine groups is 1. The second-order valence-electron chi connectivity index (χ2n) is 7.56. The first-order chi connectivity index (χ1) is 14.5. The van der Waals surface area contributed by atoms with Gasteiger partial charge in [0, 0.05) is 17.3 Å². The maximum atomic E-state index is 11.9. The van der Waals surface area contributed by atoms with E-state index in [9.17, 15) is 9.90 Å². The Labute approximate surface area is 177 Å². The molecule has 0 spiro atoms. The number of nitrogens with two attached hydrogens (primary N) is 1. The number of aliphatic carboxylic acids is 1. The Kier molecular flexibility index (Phi) is 7.30. The summed E-state index contributed by atoms with van der Waals surface area (Å²) in [6.45, 7) is 3.77. The fourth-order valence-corrected chi connectivity index (χ4v) is 3.71. The molecule has 2 aromatic carbocycles. The van der Waals surface area contributed by atoms with Gasteiger partial charge in [0.25, 0.3) is 0 Å². The lowest BCUT2D eigenvalue weighted by molar-refractivity contribution is -0.138. The molecule has 0 saturated carbocycles. The van der Waals surface area contributed by atoms with Crippen molar-refractivity contribution in [2.45, 2.75) is 44.7 Å². The molecule has 7 heteroatoms. The summed E-state index contributed by atoms with van der Waals surface area (Å²) in [5, 5.41) is 23.8. The fraction of sp³-hybridized carbons (Fsp3) is 0.391. The Morgan fingerprint density at radius 2 is 2.10 bits per heavy atom. The van der Waals surface area contributed by atoms with E-state index in [0.717, 1.165) is 30.7 Å². The summed E-state index contributed by atoms with van der Waals surface area (Å²) in [6, 6.07) is 12.0. The van der Waals surface area contributed by atoms with Crippen LogP contribution in [0.3, 0.4) is 0 Å². The van der Waals surface area contributed by atoms with Crippen molar-refractivity contribution in [2.75, 3.05) is 18.5 Å². The van der Waals surface area contributed by atoms with Gasteiger partial charge >= 0.3 is 5.97 Å². The third kappa shape index (κ3) is 5.51. The molecule has 6 N–H and O–H groups in total. The molecule has 3 rings (SSSR count). The third-order valence-electron chi connectivity index (χ3n) is 5.44. The second-order valence-corrected chi connectivity index (χ2v) is 7.56. The Morgan fingerprint density at radius 1 is 1.33 bits per heavy atom. The van der Waals surface area contributed by atoms with Crippen LogP contribution in [0.2, 0.25) is 0 Å². The molecule has 1 heterocycles. The fourth-order valence-electron chi connectivity index (χ4n) is 3.71. The van der Waals surface area contributed by atoms with E-state index in [4.69, 9.17) is 15.9 Å². The Hall–Kier alpha value is -3.06. The standard InChI is InChI=1S/C23H30N4O3/c1-2-15-14-17(7-10-20(15)30-13-11-18-4-3-12-26-18)21(23(28)29)27-19-8-5-16(6-9-19)22(24)25/h5-10,14,18,21,26-27H,2-4,11-13H2,1H3,(H3,24,25)(H,28,29). The first-order valence-electron chi connectivity index (χ1n) is 10.4. The summed E-state index contributed by atoms with van der Waals surface area (Å²) < 4.78 is 6.00. The van der Waals surface area contributed by atoms with E-state index < -0.39 is 12.0 Å². The average molecular weight is 411 g/mol. The van der Waals surface area contributed by atoms with Gasteiger partial charge in [-0.2, -0.15) is 0 Å². The van der Waals surface area contributed by atoms with Gasteiger partial charge in [-0.3, -0.25) is 5.41 Å². The van der Waals surface area contributed by atoms with Gasteiger partial charge in [-0.15, -0.1) is 0 Å². The van der Waals surface area contributed by atoms with Crippen LogP contribution in [0.25, 0.3) is 0 Å². The number of hydrogen-bond acceptors (Lipinski definition) is 5. The quantitative estimate of drug-likeness (QED) is 0.303. The van der Waals surface area contributed by atoms with Crippen molar-refractivity contribution >= 4 is 17.5 Å². The minimum atomic E-state index is -0.964. The molecule has 0 amide bonds. The molecular formula is C23H30N4O3. The van der Waals surface area contributed by atoms with Gasteiger partial charge in [-0.05, 0) is 79.8 Å². The predicted molar refractivity (Wildman–Crippen MR) is 118 cm³/mol. The molecule has 1 aliphatic rings. The maximum Gasteiger partial charge on any atom is 0.330 e. The van der Waals surface area contributed by atoms with Crippen molar-refractivity contribution in [1.82, 2.24) is 5.32 Å². The molecule has 7 nitrogen and oxygen atoms in total. The highest BCUT2D eigenvalue weighted by Gasteiger charge is 2.21. The van der Waals surface area contributed by atoms with Crippen molar-refractivity contribution in [3.63, 3.8) is 0 Å². The second kappa shape index (κ2) is 10.1. The molecule has 2 aromatic rings. The zero-order valence-electron chi connectivity index (χ0n) is 17.3. The van der Waals surface area contributed by atoms with Gasteiger partial charge in [0.15, 0.2) is 6.04 Å². The van der Waals surface area contributed by atoms with E-state index in [0.29, 0.717) is 29.5 Å². The third-order valence-corrected chi connectivity index (χ3v) is 5.44. The molecule has 0 radical (unpaired) electrons. The smallest absolute Gasteiger partial charge is 0.330 e. The van der Waals surface area contributed by atoms with Crippen molar-refractivity contribution in [3.8, 4) is 5.75 Å². The maximum absolute atomic E-state index is 11.9. The number of aryl methyl sites for hydroxylation is 1. The predicted octanol–water partition coefficient (Wildman–Crippen LogP) is 3.29. The highest BCUT2D eigenvalue weighted by molar-refractivity contribution is 5.95. The van der Waals surface area contributed by atoms with E-state index >= 15 is 0 Å². The van der Waals surface area contributed by atoms with Crippen molar-refractivity contribution in [3.05, 3.63) is 59.2 Å². The summed E-state index contributed by atoms with van der Waals surface area (Å²) >= 11 is 0. The van der Waals surface area contributed by atoms with Gasteiger partial charge in [-0.1, -0.05) is 13.0 Å². The lowest BCUT2D eigenvalue weighted by atomic mass is 10.0. The van der Waals surface area contributed by atoms with Crippen LogP contribution in [0.15, 0.2) is 42.5 Å². The van der Waals surface area contributed by atoms with E-state index in [1.165, 1.54) is 12.8 Å². The van der Waals surface area contributed by atoms with Crippen molar-refractivity contribution in [2.24, 2.45) is 5.73 Å². The summed E-state index contributed by atoms with van der Waals surface area (Å²) in [6.07, 6.45) is 4.15. The summed E-state index contributed by atoms with van der Waals surface area (Å²) in [5.41, 5.74) is 8.37. The number of ether oxygens (including phenoxy) is 1. The number of carboxylic acid groups (broad SMARTS) is 1. The van der Waals surface area contributed by atoms with Crippen LogP contribution in [-0.2, 0) is 11.2 Å². The van der Waals surface area contributed by atoms with Crippen LogP contribution in [-0.4, -0.2) is 36.1 Å². The molecule has 30 heavy (non-hydrogen) atoms. The number of nitrogens with one attached hydrogen (secondary N) is 3. The lowest BCUT2D eigenvalue weighted by Crippen LogP contribution is -2.23. The van der Waals surface area contributed by atoms with Crippen LogP contribution >= 0.6 is 0 Å². The molecule has 2 unspecified atom stereocenters. The number of carboxylic acids is 1. The first kappa shape index (κ1) is 21.6. The summed E-state index contributed by atoms with van der Waals surface area (Å²) in [4.78, 5) is 11.9. The molecule has 0 aromatic heterocycles. The van der Waals surface area contributed by atoms with Crippen LogP contribution < -0.4 is 21.1 Å². The van der Waals surface area contributed by atoms with E-state index in [-0.39, 0.29) is 5.84 Å². The number of carbonyl (C=O) groups is 1.